The van der Waals surface area contributed by atoms with Crippen LogP contribution in [0.4, 0.5) is 0 Å². The molecule has 0 aliphatic carbocycles. The van der Waals surface area contributed by atoms with Gasteiger partial charge >= 0.3 is 0 Å². The van der Waals surface area contributed by atoms with Crippen LogP contribution in [0.5, 0.6) is 0 Å². The zero-order valence-electron chi connectivity index (χ0n) is 13.0. The van der Waals surface area contributed by atoms with Gasteiger partial charge in [-0.2, -0.15) is 0 Å². The molecule has 0 atom stereocenters. The van der Waals surface area contributed by atoms with Gasteiger partial charge in [0.05, 0.1) is 0 Å². The van der Waals surface area contributed by atoms with Gasteiger partial charge in [0.1, 0.15) is 5.69 Å². The third-order valence-corrected chi connectivity index (χ3v) is 4.65. The summed E-state index contributed by atoms with van der Waals surface area (Å²) in [6.07, 6.45) is 2.12. The fourth-order valence-electron chi connectivity index (χ4n) is 3.24. The Hall–Kier alpha value is -1.81. The van der Waals surface area contributed by atoms with E-state index in [9.17, 15) is 4.79 Å². The lowest BCUT2D eigenvalue weighted by molar-refractivity contribution is 0.0654. The van der Waals surface area contributed by atoms with Crippen molar-refractivity contribution in [3.8, 4) is 0 Å². The molecule has 0 saturated carbocycles. The van der Waals surface area contributed by atoms with Crippen molar-refractivity contribution in [2.75, 3.05) is 27.2 Å². The molecule has 1 amide bonds. The van der Waals surface area contributed by atoms with E-state index in [0.29, 0.717) is 6.04 Å². The molecular formula is C17H23N3O. The number of rotatable bonds is 2. The fraction of sp³-hybridized carbons (Fsp3) is 0.471. The van der Waals surface area contributed by atoms with Gasteiger partial charge in [0.2, 0.25) is 0 Å². The number of fused-ring (bicyclic) bond motifs is 1. The van der Waals surface area contributed by atoms with Crippen LogP contribution in [0.15, 0.2) is 30.3 Å². The first kappa shape index (κ1) is 14.1. The highest BCUT2D eigenvalue weighted by molar-refractivity contribution is 5.98. The number of hydrogen-bond donors (Lipinski definition) is 0. The van der Waals surface area contributed by atoms with Crippen molar-refractivity contribution in [2.45, 2.75) is 18.9 Å². The van der Waals surface area contributed by atoms with E-state index in [4.69, 9.17) is 0 Å². The van der Waals surface area contributed by atoms with E-state index in [1.54, 1.807) is 0 Å². The lowest BCUT2D eigenvalue weighted by Crippen LogP contribution is -2.44. The maximum Gasteiger partial charge on any atom is 0.270 e. The summed E-state index contributed by atoms with van der Waals surface area (Å²) in [4.78, 5) is 17.0. The minimum atomic E-state index is 0.158. The van der Waals surface area contributed by atoms with Crippen molar-refractivity contribution >= 4 is 16.8 Å². The monoisotopic (exact) mass is 285 g/mol. The number of nitrogens with zero attached hydrogens (tertiary/aromatic N) is 3. The van der Waals surface area contributed by atoms with Gasteiger partial charge in [0.15, 0.2) is 0 Å². The number of likely N-dealkylation sites (tertiary alicyclic amines) is 1. The van der Waals surface area contributed by atoms with Crippen LogP contribution in [0.1, 0.15) is 23.3 Å². The quantitative estimate of drug-likeness (QED) is 0.847. The first-order valence-electron chi connectivity index (χ1n) is 7.58. The molecule has 1 fully saturated rings. The van der Waals surface area contributed by atoms with Gasteiger partial charge in [-0.05, 0) is 39.1 Å². The Bertz CT molecular complexity index is 651. The number of benzene rings is 1. The zero-order valence-corrected chi connectivity index (χ0v) is 13.0. The van der Waals surface area contributed by atoms with E-state index in [1.165, 1.54) is 0 Å². The van der Waals surface area contributed by atoms with E-state index < -0.39 is 0 Å². The number of hydrogen-bond acceptors (Lipinski definition) is 2. The number of carbonyl (C=O) groups is 1. The molecule has 1 saturated heterocycles. The average Bonchev–Trinajstić information content (AvgIpc) is 2.84. The molecule has 112 valence electrons. The predicted molar refractivity (Wildman–Crippen MR) is 85.5 cm³/mol. The Labute approximate surface area is 125 Å². The van der Waals surface area contributed by atoms with Crippen molar-refractivity contribution in [3.63, 3.8) is 0 Å². The van der Waals surface area contributed by atoms with E-state index in [2.05, 4.69) is 31.1 Å². The maximum absolute atomic E-state index is 12.8. The van der Waals surface area contributed by atoms with E-state index in [-0.39, 0.29) is 5.91 Å². The van der Waals surface area contributed by atoms with Gasteiger partial charge in [-0.25, -0.2) is 0 Å². The van der Waals surface area contributed by atoms with E-state index in [0.717, 1.165) is 42.5 Å². The van der Waals surface area contributed by atoms with Crippen molar-refractivity contribution in [1.29, 1.82) is 0 Å². The van der Waals surface area contributed by atoms with Crippen LogP contribution in [0.25, 0.3) is 10.9 Å². The Morgan fingerprint density at radius 1 is 1.19 bits per heavy atom. The summed E-state index contributed by atoms with van der Waals surface area (Å²) in [7, 11) is 6.21. The topological polar surface area (TPSA) is 28.5 Å². The summed E-state index contributed by atoms with van der Waals surface area (Å²) in [6, 6.07) is 10.8. The standard InChI is InChI=1S/C17H23N3O/c1-18(2)14-8-10-20(11-9-14)17(21)16-12-13-6-4-5-7-15(13)19(16)3/h4-7,12,14H,8-11H2,1-3H3. The maximum atomic E-state index is 12.8. The average molecular weight is 285 g/mol. The van der Waals surface area contributed by atoms with Gasteiger partial charge in [-0.1, -0.05) is 18.2 Å². The molecule has 2 heterocycles. The lowest BCUT2D eigenvalue weighted by Gasteiger charge is -2.35. The summed E-state index contributed by atoms with van der Waals surface area (Å²) < 4.78 is 2.01. The second-order valence-electron chi connectivity index (χ2n) is 6.13. The van der Waals surface area contributed by atoms with Crippen molar-refractivity contribution in [3.05, 3.63) is 36.0 Å². The van der Waals surface area contributed by atoms with Crippen molar-refractivity contribution in [1.82, 2.24) is 14.4 Å². The van der Waals surface area contributed by atoms with Crippen LogP contribution in [-0.4, -0.2) is 53.5 Å². The van der Waals surface area contributed by atoms with Gasteiger partial charge in [0.25, 0.3) is 5.91 Å². The molecule has 4 nitrogen and oxygen atoms in total. The lowest BCUT2D eigenvalue weighted by atomic mass is 10.0. The number of aryl methyl sites for hydroxylation is 1. The Morgan fingerprint density at radius 3 is 2.48 bits per heavy atom. The number of para-hydroxylation sites is 1. The fourth-order valence-corrected chi connectivity index (χ4v) is 3.24. The third-order valence-electron chi connectivity index (χ3n) is 4.65. The Balaban J connectivity index is 1.80. The van der Waals surface area contributed by atoms with Crippen LogP contribution >= 0.6 is 0 Å². The third kappa shape index (κ3) is 2.56. The van der Waals surface area contributed by atoms with Crippen LogP contribution in [0, 0.1) is 0 Å². The normalized spacial score (nSPS) is 16.9. The van der Waals surface area contributed by atoms with E-state index in [1.807, 2.05) is 34.7 Å². The highest BCUT2D eigenvalue weighted by Gasteiger charge is 2.26. The summed E-state index contributed by atoms with van der Waals surface area (Å²) in [5, 5.41) is 1.13. The molecule has 0 spiro atoms. The van der Waals surface area contributed by atoms with Gasteiger partial charge < -0.3 is 14.4 Å². The van der Waals surface area contributed by atoms with Crippen LogP contribution in [0.3, 0.4) is 0 Å². The first-order valence-corrected chi connectivity index (χ1v) is 7.58. The molecule has 0 bridgehead atoms. The Kier molecular flexibility index (Phi) is 3.72. The SMILES string of the molecule is CN(C)C1CCN(C(=O)c2cc3ccccc3n2C)CC1. The summed E-state index contributed by atoms with van der Waals surface area (Å²) in [5.74, 6) is 0.158. The highest BCUT2D eigenvalue weighted by Crippen LogP contribution is 2.22. The number of carbonyl (C=O) groups excluding carboxylic acids is 1. The smallest absolute Gasteiger partial charge is 0.270 e. The molecule has 0 unspecified atom stereocenters. The zero-order chi connectivity index (χ0) is 15.0. The molecule has 3 rings (SSSR count). The molecular weight excluding hydrogens is 262 g/mol. The molecule has 1 aromatic carbocycles. The van der Waals surface area contributed by atoms with E-state index >= 15 is 0 Å². The number of aromatic nitrogens is 1. The molecule has 2 aromatic rings. The van der Waals surface area contributed by atoms with Crippen LogP contribution in [-0.2, 0) is 7.05 Å². The minimum Gasteiger partial charge on any atom is -0.340 e. The largest absolute Gasteiger partial charge is 0.340 e. The molecule has 0 radical (unpaired) electrons. The van der Waals surface area contributed by atoms with Crippen molar-refractivity contribution in [2.24, 2.45) is 7.05 Å². The highest BCUT2D eigenvalue weighted by atomic mass is 16.2. The molecule has 0 N–H and O–H groups in total. The Morgan fingerprint density at radius 2 is 1.86 bits per heavy atom. The molecule has 21 heavy (non-hydrogen) atoms. The molecule has 4 heteroatoms. The van der Waals surface area contributed by atoms with Gasteiger partial charge in [-0.3, -0.25) is 4.79 Å². The minimum absolute atomic E-state index is 0.158. The second-order valence-corrected chi connectivity index (χ2v) is 6.13. The van der Waals surface area contributed by atoms with Gasteiger partial charge in [-0.15, -0.1) is 0 Å². The second kappa shape index (κ2) is 5.53. The number of piperidine rings is 1. The summed E-state index contributed by atoms with van der Waals surface area (Å²) in [6.45, 7) is 1.70. The molecule has 1 aliphatic heterocycles. The first-order chi connectivity index (χ1) is 10.1. The van der Waals surface area contributed by atoms with Crippen molar-refractivity contribution < 1.29 is 4.79 Å². The predicted octanol–water partition coefficient (Wildman–Crippen LogP) is 2.34. The van der Waals surface area contributed by atoms with Crippen LogP contribution in [0.2, 0.25) is 0 Å². The molecule has 1 aromatic heterocycles. The summed E-state index contributed by atoms with van der Waals surface area (Å²) in [5.41, 5.74) is 1.91. The molecule has 1 aliphatic rings. The summed E-state index contributed by atoms with van der Waals surface area (Å²) >= 11 is 0. The van der Waals surface area contributed by atoms with Crippen LogP contribution < -0.4 is 0 Å². The van der Waals surface area contributed by atoms with Gasteiger partial charge in [0, 0.05) is 37.1 Å². The number of amides is 1.